The van der Waals surface area contributed by atoms with Crippen LogP contribution < -0.4 is 4.74 Å². The van der Waals surface area contributed by atoms with Gasteiger partial charge in [-0.05, 0) is 38.0 Å². The van der Waals surface area contributed by atoms with Gasteiger partial charge in [-0.25, -0.2) is 0 Å². The van der Waals surface area contributed by atoms with Crippen molar-refractivity contribution >= 4 is 5.91 Å². The maximum Gasteiger partial charge on any atom is 0.223 e. The molecule has 1 aliphatic heterocycles. The first-order chi connectivity index (χ1) is 14.5. The lowest BCUT2D eigenvalue weighted by Gasteiger charge is -2.28. The highest BCUT2D eigenvalue weighted by Gasteiger charge is 2.29. The van der Waals surface area contributed by atoms with E-state index in [0.717, 1.165) is 34.8 Å². The Balaban J connectivity index is 1.50. The molecule has 0 unspecified atom stereocenters. The van der Waals surface area contributed by atoms with Crippen LogP contribution in [0.15, 0.2) is 30.6 Å². The average molecular weight is 409 g/mol. The number of hydrogen-bond acceptors (Lipinski definition) is 5. The van der Waals surface area contributed by atoms with Crippen molar-refractivity contribution in [2.45, 2.75) is 45.7 Å². The van der Waals surface area contributed by atoms with Crippen molar-refractivity contribution in [2.24, 2.45) is 7.05 Å². The molecule has 0 N–H and O–H groups in total. The summed E-state index contributed by atoms with van der Waals surface area (Å²) in [5.74, 6) is 1.75. The Bertz CT molecular complexity index is 1030. The number of amides is 1. The molecular formula is C22H28N6O2. The summed E-state index contributed by atoms with van der Waals surface area (Å²) in [6, 6.07) is 8.12. The molecule has 3 heterocycles. The van der Waals surface area contributed by atoms with Gasteiger partial charge in [-0.1, -0.05) is 12.1 Å². The fourth-order valence-electron chi connectivity index (χ4n) is 3.98. The van der Waals surface area contributed by atoms with E-state index in [9.17, 15) is 4.79 Å². The maximum absolute atomic E-state index is 12.9. The molecule has 3 aromatic rings. The van der Waals surface area contributed by atoms with Gasteiger partial charge in [0.05, 0.1) is 7.11 Å². The van der Waals surface area contributed by atoms with Crippen molar-refractivity contribution < 1.29 is 9.53 Å². The second-order valence-electron chi connectivity index (χ2n) is 7.97. The summed E-state index contributed by atoms with van der Waals surface area (Å²) in [5.41, 5.74) is 4.21. The van der Waals surface area contributed by atoms with Crippen molar-refractivity contribution in [3.8, 4) is 17.3 Å². The average Bonchev–Trinajstić information content (AvgIpc) is 3.37. The molecule has 0 atom stereocenters. The number of benzene rings is 1. The highest BCUT2D eigenvalue weighted by molar-refractivity contribution is 5.77. The minimum atomic E-state index is 0.164. The van der Waals surface area contributed by atoms with Crippen LogP contribution in [0.1, 0.15) is 43.1 Å². The Hall–Kier alpha value is -3.16. The number of methoxy groups -OCH3 is 1. The number of carbonyl (C=O) groups excluding carboxylic acids is 1. The van der Waals surface area contributed by atoms with Crippen LogP contribution >= 0.6 is 0 Å². The summed E-state index contributed by atoms with van der Waals surface area (Å²) in [5, 5.41) is 13.1. The lowest BCUT2D eigenvalue weighted by atomic mass is 10.0. The highest BCUT2D eigenvalue weighted by Crippen LogP contribution is 2.30. The van der Waals surface area contributed by atoms with Crippen LogP contribution in [0.4, 0.5) is 0 Å². The Morgan fingerprint density at radius 1 is 1.23 bits per heavy atom. The van der Waals surface area contributed by atoms with E-state index in [1.807, 2.05) is 45.5 Å². The molecule has 1 aromatic carbocycles. The summed E-state index contributed by atoms with van der Waals surface area (Å²) in [7, 11) is 3.61. The topological polar surface area (TPSA) is 78.1 Å². The third-order valence-electron chi connectivity index (χ3n) is 5.72. The van der Waals surface area contributed by atoms with E-state index in [4.69, 9.17) is 9.84 Å². The smallest absolute Gasteiger partial charge is 0.223 e. The van der Waals surface area contributed by atoms with Gasteiger partial charge in [0.1, 0.15) is 17.8 Å². The van der Waals surface area contributed by atoms with Gasteiger partial charge in [0.15, 0.2) is 5.82 Å². The van der Waals surface area contributed by atoms with Crippen LogP contribution in [0.2, 0.25) is 0 Å². The molecule has 4 rings (SSSR count). The highest BCUT2D eigenvalue weighted by atomic mass is 16.5. The van der Waals surface area contributed by atoms with Crippen molar-refractivity contribution in [1.82, 2.24) is 29.4 Å². The van der Waals surface area contributed by atoms with Crippen LogP contribution in [0, 0.1) is 0 Å². The second kappa shape index (κ2) is 8.30. The van der Waals surface area contributed by atoms with E-state index < -0.39 is 0 Å². The number of fused-ring (bicyclic) bond motifs is 1. The van der Waals surface area contributed by atoms with Crippen molar-refractivity contribution in [1.29, 1.82) is 0 Å². The van der Waals surface area contributed by atoms with Gasteiger partial charge in [-0.3, -0.25) is 9.48 Å². The molecule has 158 valence electrons. The normalized spacial score (nSPS) is 13.6. The number of ether oxygens (including phenoxy) is 1. The Morgan fingerprint density at radius 2 is 2.00 bits per heavy atom. The van der Waals surface area contributed by atoms with Crippen LogP contribution in [-0.2, 0) is 31.2 Å². The van der Waals surface area contributed by atoms with Crippen molar-refractivity contribution in [3.05, 3.63) is 47.4 Å². The van der Waals surface area contributed by atoms with E-state index in [0.29, 0.717) is 25.9 Å². The molecule has 0 saturated heterocycles. The van der Waals surface area contributed by atoms with Crippen LogP contribution in [0.5, 0.6) is 5.75 Å². The molecule has 30 heavy (non-hydrogen) atoms. The number of aryl methyl sites for hydroxylation is 2. The summed E-state index contributed by atoms with van der Waals surface area (Å²) in [6.45, 7) is 5.46. The lowest BCUT2D eigenvalue weighted by Crippen LogP contribution is -2.36. The van der Waals surface area contributed by atoms with Crippen LogP contribution in [-0.4, -0.2) is 49.0 Å². The standard InChI is InChI=1S/C22H28N6O2/c1-15(2)28-14-23-24-22(28)21-18-13-27(12-11-19(18)26(3)25-21)20(29)10-7-16-5-8-17(30-4)9-6-16/h5-6,8-9,14-15H,7,10-13H2,1-4H3. The van der Waals surface area contributed by atoms with Gasteiger partial charge in [0.2, 0.25) is 5.91 Å². The first-order valence-corrected chi connectivity index (χ1v) is 10.3. The Kier molecular flexibility index (Phi) is 5.57. The number of hydrogen-bond donors (Lipinski definition) is 0. The van der Waals surface area contributed by atoms with E-state index in [-0.39, 0.29) is 11.9 Å². The van der Waals surface area contributed by atoms with Gasteiger partial charge in [-0.2, -0.15) is 5.10 Å². The first kappa shape index (κ1) is 20.1. The molecule has 0 aliphatic carbocycles. The second-order valence-corrected chi connectivity index (χ2v) is 7.97. The molecule has 1 aliphatic rings. The zero-order valence-electron chi connectivity index (χ0n) is 18.0. The zero-order chi connectivity index (χ0) is 21.3. The largest absolute Gasteiger partial charge is 0.497 e. The van der Waals surface area contributed by atoms with E-state index in [1.54, 1.807) is 13.4 Å². The molecule has 0 spiro atoms. The maximum atomic E-state index is 12.9. The molecular weight excluding hydrogens is 380 g/mol. The van der Waals surface area contributed by atoms with Gasteiger partial charge in [0.25, 0.3) is 0 Å². The van der Waals surface area contributed by atoms with Gasteiger partial charge < -0.3 is 14.2 Å². The number of rotatable bonds is 6. The monoisotopic (exact) mass is 408 g/mol. The van der Waals surface area contributed by atoms with E-state index in [1.165, 1.54) is 5.69 Å². The third kappa shape index (κ3) is 3.81. The van der Waals surface area contributed by atoms with E-state index >= 15 is 0 Å². The van der Waals surface area contributed by atoms with Crippen LogP contribution in [0.25, 0.3) is 11.5 Å². The fraction of sp³-hybridized carbons (Fsp3) is 0.455. The quantitative estimate of drug-likeness (QED) is 0.627. The molecule has 0 bridgehead atoms. The number of carbonyl (C=O) groups is 1. The molecule has 8 heteroatoms. The summed E-state index contributed by atoms with van der Waals surface area (Å²) >= 11 is 0. The molecule has 0 radical (unpaired) electrons. The lowest BCUT2D eigenvalue weighted by molar-refractivity contribution is -0.132. The number of nitrogens with zero attached hydrogens (tertiary/aromatic N) is 6. The molecule has 0 saturated carbocycles. The van der Waals surface area contributed by atoms with Crippen molar-refractivity contribution in [3.63, 3.8) is 0 Å². The predicted octanol–water partition coefficient (Wildman–Crippen LogP) is 2.79. The third-order valence-corrected chi connectivity index (χ3v) is 5.72. The minimum Gasteiger partial charge on any atom is -0.497 e. The first-order valence-electron chi connectivity index (χ1n) is 10.3. The summed E-state index contributed by atoms with van der Waals surface area (Å²) in [4.78, 5) is 14.9. The Morgan fingerprint density at radius 3 is 2.70 bits per heavy atom. The zero-order valence-corrected chi connectivity index (χ0v) is 18.0. The van der Waals surface area contributed by atoms with Gasteiger partial charge in [0, 0.05) is 50.3 Å². The number of aromatic nitrogens is 5. The molecule has 1 amide bonds. The molecule has 0 fully saturated rings. The predicted molar refractivity (Wildman–Crippen MR) is 113 cm³/mol. The molecule has 2 aromatic heterocycles. The van der Waals surface area contributed by atoms with Gasteiger partial charge >= 0.3 is 0 Å². The van der Waals surface area contributed by atoms with E-state index in [2.05, 4.69) is 24.0 Å². The van der Waals surface area contributed by atoms with Crippen LogP contribution in [0.3, 0.4) is 0 Å². The van der Waals surface area contributed by atoms with Gasteiger partial charge in [-0.15, -0.1) is 10.2 Å². The fourth-order valence-corrected chi connectivity index (χ4v) is 3.98. The minimum absolute atomic E-state index is 0.164. The molecule has 8 nitrogen and oxygen atoms in total. The van der Waals surface area contributed by atoms with Crippen molar-refractivity contribution in [2.75, 3.05) is 13.7 Å². The summed E-state index contributed by atoms with van der Waals surface area (Å²) in [6.07, 6.45) is 3.73. The Labute approximate surface area is 176 Å². The summed E-state index contributed by atoms with van der Waals surface area (Å²) < 4.78 is 9.14. The SMILES string of the molecule is COc1ccc(CCC(=O)N2CCc3c(c(-c4nncn4C(C)C)nn3C)C2)cc1.